The van der Waals surface area contributed by atoms with E-state index in [2.05, 4.69) is 89.8 Å². The topological polar surface area (TPSA) is 86.7 Å². The summed E-state index contributed by atoms with van der Waals surface area (Å²) >= 11 is 6.54. The van der Waals surface area contributed by atoms with Crippen molar-refractivity contribution in [2.24, 2.45) is 10.9 Å². The first-order valence-corrected chi connectivity index (χ1v) is 24.1. The van der Waals surface area contributed by atoms with Crippen molar-refractivity contribution in [2.75, 3.05) is 33.2 Å². The fourth-order valence-electron chi connectivity index (χ4n) is 7.58. The molecule has 1 unspecified atom stereocenters. The lowest BCUT2D eigenvalue weighted by atomic mass is 9.88. The fourth-order valence-corrected chi connectivity index (χ4v) is 8.65. The van der Waals surface area contributed by atoms with E-state index in [1.165, 1.54) is 28.5 Å². The smallest absolute Gasteiger partial charge is 0.259 e. The molecule has 0 spiro atoms. The highest BCUT2D eigenvalue weighted by Crippen LogP contribution is 2.44. The van der Waals surface area contributed by atoms with Gasteiger partial charge in [-0.15, -0.1) is 11.8 Å². The SMILES string of the molecule is CC.CC/C(C)=C/[C@@H]1CC2=C=C(C=CC(SCCCC(C)(C)S)=C2)N1C(=O)c1cc(OC)c(OCCCOc2cc3c(cc2OC)-c2ccccc2CC(C)C(C)=N3)cc1C.CC=O. The summed E-state index contributed by atoms with van der Waals surface area (Å²) in [6, 6.07) is 16.1. The van der Waals surface area contributed by atoms with Crippen molar-refractivity contribution in [3.05, 3.63) is 117 Å². The normalized spacial score (nSPS) is 16.5. The number of benzene rings is 3. The zero-order valence-electron chi connectivity index (χ0n) is 40.2. The molecular formula is C54H70N2O6S2. The number of allylic oxidation sites excluding steroid dienone is 3. The molecule has 10 heteroatoms. The second-order valence-corrected chi connectivity index (χ2v) is 19.0. The Morgan fingerprint density at radius 2 is 1.61 bits per heavy atom. The Kier molecular flexibility index (Phi) is 20.2. The molecule has 8 nitrogen and oxygen atoms in total. The first kappa shape index (κ1) is 51.7. The summed E-state index contributed by atoms with van der Waals surface area (Å²) in [6.45, 7) is 21.1. The van der Waals surface area contributed by atoms with E-state index in [9.17, 15) is 4.79 Å². The maximum absolute atomic E-state index is 14.6. The fraction of sp³-hybridized carbons (Fsp3) is 0.444. The molecule has 0 saturated heterocycles. The Balaban J connectivity index is 0.00000172. The van der Waals surface area contributed by atoms with Crippen LogP contribution in [0, 0.1) is 12.8 Å². The van der Waals surface area contributed by atoms with Gasteiger partial charge in [-0.1, -0.05) is 83.2 Å². The molecule has 6 rings (SSSR count). The minimum atomic E-state index is -0.136. The highest BCUT2D eigenvalue weighted by molar-refractivity contribution is 8.03. The van der Waals surface area contributed by atoms with Crippen LogP contribution < -0.4 is 18.9 Å². The molecule has 344 valence electrons. The molecule has 2 atom stereocenters. The molecule has 2 heterocycles. The number of carbonyl (C=O) groups is 2. The number of hydrogen-bond acceptors (Lipinski definition) is 9. The van der Waals surface area contributed by atoms with Crippen LogP contribution in [0.5, 0.6) is 23.0 Å². The van der Waals surface area contributed by atoms with Crippen LogP contribution in [0.3, 0.4) is 0 Å². The molecule has 1 amide bonds. The van der Waals surface area contributed by atoms with Gasteiger partial charge in [0.1, 0.15) is 6.29 Å². The van der Waals surface area contributed by atoms with Crippen LogP contribution in [0.1, 0.15) is 116 Å². The number of methoxy groups -OCH3 is 2. The molecule has 3 aromatic carbocycles. The van der Waals surface area contributed by atoms with E-state index in [0.717, 1.165) is 71.5 Å². The van der Waals surface area contributed by atoms with Gasteiger partial charge in [-0.25, -0.2) is 0 Å². The molecule has 1 aliphatic carbocycles. The third kappa shape index (κ3) is 14.1. The molecular weight excluding hydrogens is 837 g/mol. The summed E-state index contributed by atoms with van der Waals surface area (Å²) < 4.78 is 24.2. The maximum Gasteiger partial charge on any atom is 0.259 e. The lowest BCUT2D eigenvalue weighted by Crippen LogP contribution is -2.40. The molecule has 0 radical (unpaired) electrons. The van der Waals surface area contributed by atoms with Crippen LogP contribution in [-0.4, -0.2) is 66.8 Å². The zero-order chi connectivity index (χ0) is 47.0. The van der Waals surface area contributed by atoms with Gasteiger partial charge in [0, 0.05) is 45.4 Å². The Morgan fingerprint density at radius 1 is 0.953 bits per heavy atom. The Morgan fingerprint density at radius 3 is 2.27 bits per heavy atom. The number of thioether (sulfide) groups is 1. The zero-order valence-corrected chi connectivity index (χ0v) is 41.9. The minimum absolute atomic E-state index is 0.0234. The number of aldehydes is 1. The predicted octanol–water partition coefficient (Wildman–Crippen LogP) is 13.7. The van der Waals surface area contributed by atoms with E-state index in [0.29, 0.717) is 60.5 Å². The van der Waals surface area contributed by atoms with Gasteiger partial charge in [0.2, 0.25) is 0 Å². The second kappa shape index (κ2) is 25.0. The quantitative estimate of drug-likeness (QED) is 0.0504. The molecule has 0 fully saturated rings. The number of carbonyl (C=O) groups excluding carboxylic acids is 2. The lowest BCUT2D eigenvalue weighted by molar-refractivity contribution is -0.106. The van der Waals surface area contributed by atoms with E-state index >= 15 is 0 Å². The first-order valence-electron chi connectivity index (χ1n) is 22.6. The third-order valence-electron chi connectivity index (χ3n) is 11.2. The van der Waals surface area contributed by atoms with E-state index in [-0.39, 0.29) is 16.7 Å². The average Bonchev–Trinajstić information content (AvgIpc) is 3.43. The average molecular weight is 907 g/mol. The van der Waals surface area contributed by atoms with Crippen LogP contribution in [-0.2, 0) is 11.2 Å². The van der Waals surface area contributed by atoms with Crippen molar-refractivity contribution in [3.63, 3.8) is 0 Å². The van der Waals surface area contributed by atoms with Crippen LogP contribution in [0.15, 0.2) is 105 Å². The second-order valence-electron chi connectivity index (χ2n) is 16.6. The molecule has 0 saturated carbocycles. The summed E-state index contributed by atoms with van der Waals surface area (Å²) in [5.74, 6) is 3.64. The van der Waals surface area contributed by atoms with Crippen LogP contribution >= 0.6 is 24.4 Å². The van der Waals surface area contributed by atoms with Crippen LogP contribution in [0.25, 0.3) is 11.1 Å². The molecule has 2 bridgehead atoms. The van der Waals surface area contributed by atoms with Crippen molar-refractivity contribution in [3.8, 4) is 34.1 Å². The summed E-state index contributed by atoms with van der Waals surface area (Å²) in [5, 5.41) is 0. The van der Waals surface area contributed by atoms with Gasteiger partial charge in [-0.2, -0.15) is 12.6 Å². The largest absolute Gasteiger partial charge is 0.493 e. The number of hydrogen-bond donors (Lipinski definition) is 1. The van der Waals surface area contributed by atoms with E-state index in [1.807, 2.05) is 67.8 Å². The van der Waals surface area contributed by atoms with Crippen molar-refractivity contribution in [1.29, 1.82) is 0 Å². The van der Waals surface area contributed by atoms with Gasteiger partial charge in [0.05, 0.1) is 44.9 Å². The number of ether oxygens (including phenoxy) is 4. The summed E-state index contributed by atoms with van der Waals surface area (Å²) in [4.78, 5) is 31.5. The van der Waals surface area contributed by atoms with Gasteiger partial charge >= 0.3 is 0 Å². The predicted molar refractivity (Wildman–Crippen MR) is 272 cm³/mol. The van der Waals surface area contributed by atoms with E-state index in [1.54, 1.807) is 14.2 Å². The molecule has 3 aromatic rings. The number of rotatable bonds is 16. The number of aliphatic imine (C=N–C) groups is 1. The highest BCUT2D eigenvalue weighted by Gasteiger charge is 2.32. The van der Waals surface area contributed by atoms with E-state index in [4.69, 9.17) is 41.4 Å². The molecule has 2 aliphatic heterocycles. The first-order chi connectivity index (χ1) is 30.7. The highest BCUT2D eigenvalue weighted by atomic mass is 32.2. The van der Waals surface area contributed by atoms with Gasteiger partial charge in [0.25, 0.3) is 5.91 Å². The number of amides is 1. The summed E-state index contributed by atoms with van der Waals surface area (Å²) in [5.41, 5.74) is 13.5. The number of nitrogens with zero attached hydrogens (tertiary/aromatic N) is 2. The lowest BCUT2D eigenvalue weighted by Gasteiger charge is -2.33. The van der Waals surface area contributed by atoms with Gasteiger partial charge in [0.15, 0.2) is 23.0 Å². The van der Waals surface area contributed by atoms with Crippen molar-refractivity contribution in [2.45, 2.75) is 119 Å². The van der Waals surface area contributed by atoms with Crippen molar-refractivity contribution >= 4 is 48.0 Å². The van der Waals surface area contributed by atoms with E-state index < -0.39 is 0 Å². The minimum Gasteiger partial charge on any atom is -0.493 e. The maximum atomic E-state index is 14.6. The van der Waals surface area contributed by atoms with Gasteiger partial charge in [-0.05, 0) is 124 Å². The standard InChI is InChI=1S/C50H60N2O5S2.C2H4O.C2H6/c1-10-32(2)23-39-27-36-26-38(17-18-40(28-36)59-22-13-19-50(6,7)58)52(39)49(53)42-29-45(54-8)47(25-34(42)4)56-20-14-21-57-48-31-44-43(30-46(48)55-9)41-16-12-11-15-37(41)24-33(3)35(5)51-44;1-2-3;1-2/h11-12,15-18,23,25,28-31,33,39,58H,10,13-14,19-22,24,27H2,1-9H3;2H,1H3;1-2H3/b32-23+,51-35?;;/t33?,39-;;/m1../s1. The van der Waals surface area contributed by atoms with Crippen LogP contribution in [0.4, 0.5) is 5.69 Å². The van der Waals surface area contributed by atoms with Crippen LogP contribution in [0.2, 0.25) is 0 Å². The van der Waals surface area contributed by atoms with Crippen molar-refractivity contribution < 1.29 is 28.5 Å². The molecule has 64 heavy (non-hydrogen) atoms. The number of aryl methyl sites for hydroxylation is 1. The molecule has 0 aromatic heterocycles. The summed E-state index contributed by atoms with van der Waals surface area (Å²) in [7, 11) is 3.27. The number of thiol groups is 1. The Bertz CT molecular complexity index is 2290. The molecule has 0 N–H and O–H groups in total. The van der Waals surface area contributed by atoms with Crippen molar-refractivity contribution in [1.82, 2.24) is 4.90 Å². The third-order valence-corrected chi connectivity index (χ3v) is 12.5. The Hall–Kier alpha value is -4.89. The van der Waals surface area contributed by atoms with Gasteiger partial charge < -0.3 is 23.7 Å². The summed E-state index contributed by atoms with van der Waals surface area (Å²) in [6.07, 6.45) is 14.7. The Labute approximate surface area is 393 Å². The van der Waals surface area contributed by atoms with Gasteiger partial charge in [-0.3, -0.25) is 14.7 Å². The molecule has 3 aliphatic rings. The number of fused-ring (bicyclic) bond motifs is 3. The monoisotopic (exact) mass is 906 g/mol.